The van der Waals surface area contributed by atoms with Crippen LogP contribution in [0.2, 0.25) is 0 Å². The van der Waals surface area contributed by atoms with Gasteiger partial charge in [0.15, 0.2) is 0 Å². The topological polar surface area (TPSA) is 93.4 Å². The summed E-state index contributed by atoms with van der Waals surface area (Å²) < 4.78 is 4.91. The lowest BCUT2D eigenvalue weighted by atomic mass is 9.84. The molecule has 0 unspecified atom stereocenters. The molecule has 1 atom stereocenters. The number of carbonyl (C=O) groups excluding carboxylic acids is 2. The fraction of sp³-hybridized carbons (Fsp3) is 0.189. The van der Waals surface area contributed by atoms with Gasteiger partial charge in [0.05, 0.1) is 4.75 Å². The van der Waals surface area contributed by atoms with Gasteiger partial charge in [-0.25, -0.2) is 4.79 Å². The van der Waals surface area contributed by atoms with Gasteiger partial charge in [0.25, 0.3) is 0 Å². The largest absolute Gasteiger partial charge is 0.444 e. The molecule has 224 valence electrons. The minimum Gasteiger partial charge on any atom is -0.444 e. The highest BCUT2D eigenvalue weighted by molar-refractivity contribution is 8.00. The zero-order chi connectivity index (χ0) is 31.2. The van der Waals surface area contributed by atoms with Crippen molar-refractivity contribution in [2.75, 3.05) is 16.8 Å². The number of thioether (sulfide) groups is 1. The maximum atomic E-state index is 14.0. The van der Waals surface area contributed by atoms with Gasteiger partial charge >= 0.3 is 6.09 Å². The lowest BCUT2D eigenvalue weighted by Gasteiger charge is -2.36. The van der Waals surface area contributed by atoms with Crippen molar-refractivity contribution in [3.63, 3.8) is 0 Å². The van der Waals surface area contributed by atoms with Crippen LogP contribution in [0.4, 0.5) is 16.2 Å². The Bertz CT molecular complexity index is 1630. The van der Waals surface area contributed by atoms with Crippen LogP contribution in [-0.2, 0) is 14.3 Å². The van der Waals surface area contributed by atoms with Crippen LogP contribution in [-0.4, -0.2) is 29.4 Å². The quantitative estimate of drug-likeness (QED) is 0.117. The Hall–Kier alpha value is -4.75. The van der Waals surface area contributed by atoms with Gasteiger partial charge in [-0.3, -0.25) is 4.79 Å². The molecule has 0 radical (unpaired) electrons. The molecule has 0 heterocycles. The van der Waals surface area contributed by atoms with Crippen molar-refractivity contribution in [3.05, 3.63) is 144 Å². The van der Waals surface area contributed by atoms with Crippen molar-refractivity contribution in [1.29, 1.82) is 0 Å². The SMILES string of the molecule is CC(C)(C)OC(=O)N[C@@H](CSC(c1ccccc1)(c1ccccc1)c1ccccc1)C(=O)Nc1cccc2c(N)cccc12. The van der Waals surface area contributed by atoms with Crippen LogP contribution in [0, 0.1) is 0 Å². The van der Waals surface area contributed by atoms with E-state index in [9.17, 15) is 9.59 Å². The maximum absolute atomic E-state index is 14.0. The van der Waals surface area contributed by atoms with Crippen molar-refractivity contribution < 1.29 is 14.3 Å². The Morgan fingerprint density at radius 1 is 0.705 bits per heavy atom. The molecule has 5 rings (SSSR count). The summed E-state index contributed by atoms with van der Waals surface area (Å²) in [5, 5.41) is 7.58. The number of carbonyl (C=O) groups is 2. The predicted octanol–water partition coefficient (Wildman–Crippen LogP) is 7.98. The number of nitrogens with two attached hydrogens (primary N) is 1. The fourth-order valence-corrected chi connectivity index (χ4v) is 6.83. The Morgan fingerprint density at radius 3 is 1.73 bits per heavy atom. The minimum absolute atomic E-state index is 0.247. The number of rotatable bonds is 9. The first kappa shape index (κ1) is 30.7. The lowest BCUT2D eigenvalue weighted by Crippen LogP contribution is -2.48. The molecule has 7 heteroatoms. The molecule has 0 bridgehead atoms. The highest BCUT2D eigenvalue weighted by atomic mass is 32.2. The highest BCUT2D eigenvalue weighted by Gasteiger charge is 2.39. The van der Waals surface area contributed by atoms with Gasteiger partial charge in [-0.15, -0.1) is 11.8 Å². The van der Waals surface area contributed by atoms with E-state index in [-0.39, 0.29) is 11.7 Å². The first-order valence-electron chi connectivity index (χ1n) is 14.6. The molecule has 0 aromatic heterocycles. The van der Waals surface area contributed by atoms with Crippen molar-refractivity contribution in [2.24, 2.45) is 0 Å². The number of benzene rings is 5. The molecule has 44 heavy (non-hydrogen) atoms. The Labute approximate surface area is 263 Å². The molecule has 4 N–H and O–H groups in total. The first-order valence-corrected chi connectivity index (χ1v) is 15.5. The number of alkyl carbamates (subject to hydrolysis) is 1. The molecule has 5 aromatic rings. The molecule has 0 fully saturated rings. The van der Waals surface area contributed by atoms with Gasteiger partial charge in [-0.2, -0.15) is 0 Å². The number of ether oxygens (including phenoxy) is 1. The monoisotopic (exact) mass is 603 g/mol. The van der Waals surface area contributed by atoms with E-state index in [2.05, 4.69) is 47.0 Å². The molecule has 0 saturated carbocycles. The van der Waals surface area contributed by atoms with Crippen molar-refractivity contribution >= 4 is 45.9 Å². The second-order valence-electron chi connectivity index (χ2n) is 11.5. The Balaban J connectivity index is 1.55. The van der Waals surface area contributed by atoms with E-state index in [4.69, 9.17) is 10.5 Å². The lowest BCUT2D eigenvalue weighted by molar-refractivity contribution is -0.117. The number of hydrogen-bond acceptors (Lipinski definition) is 5. The van der Waals surface area contributed by atoms with E-state index in [1.165, 1.54) is 0 Å². The van der Waals surface area contributed by atoms with Crippen LogP contribution in [0.1, 0.15) is 37.5 Å². The van der Waals surface area contributed by atoms with Crippen LogP contribution in [0.15, 0.2) is 127 Å². The second kappa shape index (κ2) is 13.3. The van der Waals surface area contributed by atoms with E-state index in [1.54, 1.807) is 32.5 Å². The van der Waals surface area contributed by atoms with Gasteiger partial charge in [0, 0.05) is 27.9 Å². The van der Waals surface area contributed by atoms with Crippen LogP contribution >= 0.6 is 11.8 Å². The Kier molecular flexibility index (Phi) is 9.26. The fourth-order valence-electron chi connectivity index (χ4n) is 5.27. The normalized spacial score (nSPS) is 12.3. The van der Waals surface area contributed by atoms with E-state index in [0.29, 0.717) is 11.4 Å². The molecule has 0 spiro atoms. The number of amides is 2. The average Bonchev–Trinajstić information content (AvgIpc) is 3.02. The van der Waals surface area contributed by atoms with Gasteiger partial charge < -0.3 is 21.1 Å². The summed E-state index contributed by atoms with van der Waals surface area (Å²) in [7, 11) is 0. The molecule has 0 aliphatic heterocycles. The molecule has 5 aromatic carbocycles. The summed E-state index contributed by atoms with van der Waals surface area (Å²) in [6, 6.07) is 41.0. The summed E-state index contributed by atoms with van der Waals surface area (Å²) in [4.78, 5) is 27.1. The van der Waals surface area contributed by atoms with Gasteiger partial charge in [-0.1, -0.05) is 115 Å². The van der Waals surface area contributed by atoms with Crippen molar-refractivity contribution in [1.82, 2.24) is 5.32 Å². The standard InChI is InChI=1S/C37H37N3O3S/c1-36(2,3)43-35(42)40-33(34(41)39-32-24-14-21-29-30(32)22-13-23-31(29)38)25-44-37(26-15-7-4-8-16-26,27-17-9-5-10-18-27)28-19-11-6-12-20-28/h4-24,33H,25,38H2,1-3H3,(H,39,41)(H,40,42)/t33-/m0/s1. The summed E-state index contributed by atoms with van der Waals surface area (Å²) in [6.07, 6.45) is -0.662. The van der Waals surface area contributed by atoms with Crippen LogP contribution in [0.5, 0.6) is 0 Å². The molecule has 0 saturated heterocycles. The zero-order valence-corrected chi connectivity index (χ0v) is 25.9. The molecule has 2 amide bonds. The van der Waals surface area contributed by atoms with Crippen molar-refractivity contribution in [3.8, 4) is 0 Å². The van der Waals surface area contributed by atoms with Crippen LogP contribution in [0.3, 0.4) is 0 Å². The smallest absolute Gasteiger partial charge is 0.408 e. The van der Waals surface area contributed by atoms with E-state index in [1.807, 2.05) is 91.0 Å². The molecule has 0 aliphatic rings. The highest BCUT2D eigenvalue weighted by Crippen LogP contribution is 2.48. The third-order valence-electron chi connectivity index (χ3n) is 7.23. The first-order chi connectivity index (χ1) is 21.2. The number of nitrogens with one attached hydrogen (secondary N) is 2. The van der Waals surface area contributed by atoms with Crippen LogP contribution < -0.4 is 16.4 Å². The van der Waals surface area contributed by atoms with E-state index >= 15 is 0 Å². The minimum atomic E-state index is -0.929. The van der Waals surface area contributed by atoms with E-state index in [0.717, 1.165) is 27.5 Å². The van der Waals surface area contributed by atoms with E-state index < -0.39 is 22.5 Å². The Morgan fingerprint density at radius 2 is 1.20 bits per heavy atom. The molecular formula is C37H37N3O3S. The third kappa shape index (κ3) is 6.90. The van der Waals surface area contributed by atoms with Gasteiger partial charge in [-0.05, 0) is 49.6 Å². The van der Waals surface area contributed by atoms with Gasteiger partial charge in [0.2, 0.25) is 5.91 Å². The predicted molar refractivity (Wildman–Crippen MR) is 182 cm³/mol. The van der Waals surface area contributed by atoms with Crippen molar-refractivity contribution in [2.45, 2.75) is 37.2 Å². The maximum Gasteiger partial charge on any atom is 0.408 e. The number of hydrogen-bond donors (Lipinski definition) is 3. The average molecular weight is 604 g/mol. The third-order valence-corrected chi connectivity index (χ3v) is 8.87. The number of nitrogen functional groups attached to an aromatic ring is 1. The molecule has 6 nitrogen and oxygen atoms in total. The number of anilines is 2. The second-order valence-corrected chi connectivity index (χ2v) is 12.8. The molecular weight excluding hydrogens is 566 g/mol. The van der Waals surface area contributed by atoms with Gasteiger partial charge in [0.1, 0.15) is 11.6 Å². The number of fused-ring (bicyclic) bond motifs is 1. The molecule has 0 aliphatic carbocycles. The summed E-state index contributed by atoms with van der Waals surface area (Å²) in [6.45, 7) is 5.38. The van der Waals surface area contributed by atoms with Crippen LogP contribution in [0.25, 0.3) is 10.8 Å². The zero-order valence-electron chi connectivity index (χ0n) is 25.1. The summed E-state index contributed by atoms with van der Waals surface area (Å²) in [5.74, 6) is -0.113. The summed E-state index contributed by atoms with van der Waals surface area (Å²) in [5.41, 5.74) is 9.89. The summed E-state index contributed by atoms with van der Waals surface area (Å²) >= 11 is 1.59.